The van der Waals surface area contributed by atoms with Crippen LogP contribution in [-0.2, 0) is 6.54 Å². The second-order valence-corrected chi connectivity index (χ2v) is 3.52. The quantitative estimate of drug-likeness (QED) is 0.312. The van der Waals surface area contributed by atoms with Crippen LogP contribution in [0.25, 0.3) is 0 Å². The maximum atomic E-state index is 5.17. The van der Waals surface area contributed by atoms with Gasteiger partial charge in [0.05, 0.1) is 0 Å². The van der Waals surface area contributed by atoms with E-state index in [2.05, 4.69) is 29.7 Å². The minimum Gasteiger partial charge on any atom is -0.271 e. The lowest BCUT2D eigenvalue weighted by atomic mass is 10.2. The van der Waals surface area contributed by atoms with Gasteiger partial charge in [-0.05, 0) is 5.56 Å². The van der Waals surface area contributed by atoms with Crippen molar-refractivity contribution in [3.05, 3.63) is 29.8 Å². The lowest BCUT2D eigenvalue weighted by Crippen LogP contribution is -2.21. The van der Waals surface area contributed by atoms with Gasteiger partial charge < -0.3 is 0 Å². The first kappa shape index (κ1) is 7.46. The Bertz CT molecular complexity index is 213. The monoisotopic (exact) mass is 152 g/mol. The molecule has 3 heteroatoms. The van der Waals surface area contributed by atoms with Crippen LogP contribution < -0.4 is 16.5 Å². The zero-order valence-corrected chi connectivity index (χ0v) is 8.09. The van der Waals surface area contributed by atoms with Gasteiger partial charge in [0.15, 0.2) is 0 Å². The fourth-order valence-corrected chi connectivity index (χ4v) is 1.50. The Morgan fingerprint density at radius 2 is 2.30 bits per heavy atom. The van der Waals surface area contributed by atoms with E-state index in [9.17, 15) is 0 Å². The Morgan fingerprint density at radius 1 is 1.50 bits per heavy atom. The van der Waals surface area contributed by atoms with Crippen LogP contribution in [0.2, 0.25) is 0 Å². The van der Waals surface area contributed by atoms with Gasteiger partial charge in [-0.25, -0.2) is 0 Å². The highest BCUT2D eigenvalue weighted by molar-refractivity contribution is 6.32. The van der Waals surface area contributed by atoms with Crippen LogP contribution in [0.5, 0.6) is 0 Å². The molecule has 1 aromatic carbocycles. The number of benzene rings is 1. The molecular weight excluding hydrogens is 140 g/mol. The summed E-state index contributed by atoms with van der Waals surface area (Å²) >= 11 is 0. The first-order valence-corrected chi connectivity index (χ1v) is 4.32. The number of nitrogens with one attached hydrogen (secondary N) is 1. The van der Waals surface area contributed by atoms with Crippen LogP contribution in [-0.4, -0.2) is 10.2 Å². The van der Waals surface area contributed by atoms with E-state index in [1.807, 2.05) is 0 Å². The van der Waals surface area contributed by atoms with Gasteiger partial charge in [0.25, 0.3) is 0 Å². The molecular formula is C7H12N2Si. The fourth-order valence-electron chi connectivity index (χ4n) is 0.940. The molecule has 0 bridgehead atoms. The van der Waals surface area contributed by atoms with Crippen molar-refractivity contribution in [2.75, 3.05) is 0 Å². The van der Waals surface area contributed by atoms with E-state index in [0.717, 1.165) is 16.8 Å². The van der Waals surface area contributed by atoms with Crippen LogP contribution in [0.15, 0.2) is 24.3 Å². The third-order valence-electron chi connectivity index (χ3n) is 1.39. The van der Waals surface area contributed by atoms with Crippen LogP contribution in [0.3, 0.4) is 0 Å². The normalized spacial score (nSPS) is 10.1. The van der Waals surface area contributed by atoms with E-state index in [1.54, 1.807) is 0 Å². The zero-order chi connectivity index (χ0) is 7.40. The predicted molar refractivity (Wildman–Crippen MR) is 47.0 cm³/mol. The molecule has 10 heavy (non-hydrogen) atoms. The predicted octanol–water partition coefficient (Wildman–Crippen LogP) is -1.36. The van der Waals surface area contributed by atoms with Crippen molar-refractivity contribution in [3.63, 3.8) is 0 Å². The van der Waals surface area contributed by atoms with Gasteiger partial charge in [-0.2, -0.15) is 0 Å². The lowest BCUT2D eigenvalue weighted by molar-refractivity contribution is 0.742. The average Bonchev–Trinajstić information content (AvgIpc) is 1.88. The van der Waals surface area contributed by atoms with E-state index in [-0.39, 0.29) is 0 Å². The molecule has 0 amide bonds. The lowest BCUT2D eigenvalue weighted by Gasteiger charge is -1.99. The van der Waals surface area contributed by atoms with Gasteiger partial charge in [-0.1, -0.05) is 29.5 Å². The minimum absolute atomic E-state index is 0.760. The second-order valence-electron chi connectivity index (χ2n) is 2.37. The zero-order valence-electron chi connectivity index (χ0n) is 6.09. The Kier molecular flexibility index (Phi) is 2.62. The number of nitrogens with two attached hydrogens (primary N) is 1. The molecule has 0 saturated carbocycles. The summed E-state index contributed by atoms with van der Waals surface area (Å²) in [5, 5.41) is 1.41. The summed E-state index contributed by atoms with van der Waals surface area (Å²) in [7, 11) is 1.11. The molecule has 54 valence electrons. The Morgan fingerprint density at radius 3 is 2.90 bits per heavy atom. The third-order valence-corrected chi connectivity index (χ3v) is 2.01. The van der Waals surface area contributed by atoms with Crippen molar-refractivity contribution in [2.24, 2.45) is 5.84 Å². The molecule has 0 aliphatic carbocycles. The maximum Gasteiger partial charge on any atom is 0.0385 e. The van der Waals surface area contributed by atoms with E-state index < -0.39 is 0 Å². The summed E-state index contributed by atoms with van der Waals surface area (Å²) in [6.45, 7) is 0.760. The molecule has 3 N–H and O–H groups in total. The second kappa shape index (κ2) is 3.51. The largest absolute Gasteiger partial charge is 0.271 e. The van der Waals surface area contributed by atoms with Crippen LogP contribution in [0, 0.1) is 0 Å². The maximum absolute atomic E-state index is 5.17. The van der Waals surface area contributed by atoms with Crippen molar-refractivity contribution in [1.82, 2.24) is 5.43 Å². The molecule has 1 rings (SSSR count). The molecule has 0 saturated heterocycles. The first-order chi connectivity index (χ1) is 4.83. The van der Waals surface area contributed by atoms with Gasteiger partial charge in [0.2, 0.25) is 0 Å². The van der Waals surface area contributed by atoms with Crippen LogP contribution >= 0.6 is 0 Å². The highest BCUT2D eigenvalue weighted by atomic mass is 28.1. The van der Waals surface area contributed by atoms with Gasteiger partial charge in [-0.15, -0.1) is 0 Å². The molecule has 0 spiro atoms. The van der Waals surface area contributed by atoms with E-state index >= 15 is 0 Å². The molecule has 0 heterocycles. The first-order valence-electron chi connectivity index (χ1n) is 3.32. The van der Waals surface area contributed by atoms with Crippen LogP contribution in [0.1, 0.15) is 5.56 Å². The van der Waals surface area contributed by atoms with Crippen molar-refractivity contribution >= 4 is 15.4 Å². The fraction of sp³-hybridized carbons (Fsp3) is 0.143. The number of hydrogen-bond donors (Lipinski definition) is 2. The van der Waals surface area contributed by atoms with E-state index in [0.29, 0.717) is 0 Å². The molecule has 0 aromatic heterocycles. The molecule has 0 unspecified atom stereocenters. The van der Waals surface area contributed by atoms with Gasteiger partial charge in [0, 0.05) is 16.8 Å². The van der Waals surface area contributed by atoms with Gasteiger partial charge in [-0.3, -0.25) is 11.3 Å². The topological polar surface area (TPSA) is 38.0 Å². The summed E-state index contributed by atoms with van der Waals surface area (Å²) in [4.78, 5) is 0. The average molecular weight is 152 g/mol. The highest BCUT2D eigenvalue weighted by Gasteiger charge is 1.88. The standard InChI is InChI=1S/C7H12N2Si/c8-9-5-6-2-1-3-7(10)4-6/h1-4,9H,5,8H2,10H3. The molecule has 0 fully saturated rings. The molecule has 2 nitrogen and oxygen atoms in total. The van der Waals surface area contributed by atoms with Crippen molar-refractivity contribution in [3.8, 4) is 0 Å². The van der Waals surface area contributed by atoms with Crippen LogP contribution in [0.4, 0.5) is 0 Å². The summed E-state index contributed by atoms with van der Waals surface area (Å²) in [6, 6.07) is 8.44. The summed E-state index contributed by atoms with van der Waals surface area (Å²) < 4.78 is 0. The number of rotatable bonds is 2. The number of hydrogen-bond acceptors (Lipinski definition) is 2. The van der Waals surface area contributed by atoms with Crippen molar-refractivity contribution in [2.45, 2.75) is 6.54 Å². The Hall–Kier alpha value is -0.643. The molecule has 0 aliphatic rings. The smallest absolute Gasteiger partial charge is 0.0385 e. The molecule has 0 radical (unpaired) electrons. The summed E-state index contributed by atoms with van der Waals surface area (Å²) in [6.07, 6.45) is 0. The molecule has 1 aromatic rings. The summed E-state index contributed by atoms with van der Waals surface area (Å²) in [5.41, 5.74) is 3.89. The van der Waals surface area contributed by atoms with E-state index in [1.165, 1.54) is 10.8 Å². The summed E-state index contributed by atoms with van der Waals surface area (Å²) in [5.74, 6) is 5.17. The molecule has 0 aliphatic heterocycles. The van der Waals surface area contributed by atoms with Gasteiger partial charge >= 0.3 is 0 Å². The third kappa shape index (κ3) is 1.95. The van der Waals surface area contributed by atoms with E-state index in [4.69, 9.17) is 5.84 Å². The van der Waals surface area contributed by atoms with Gasteiger partial charge in [0.1, 0.15) is 0 Å². The molecule has 0 atom stereocenters. The number of hydrazine groups is 1. The Labute approximate surface area is 63.8 Å². The minimum atomic E-state index is 0.760. The van der Waals surface area contributed by atoms with Crippen molar-refractivity contribution in [1.29, 1.82) is 0 Å². The SMILES string of the molecule is NNCc1cccc([SiH3])c1. The Balaban J connectivity index is 2.75. The highest BCUT2D eigenvalue weighted by Crippen LogP contribution is 1.93. The van der Waals surface area contributed by atoms with Crippen molar-refractivity contribution < 1.29 is 0 Å².